The summed E-state index contributed by atoms with van der Waals surface area (Å²) in [5.41, 5.74) is 1.54. The number of fused-ring (bicyclic) bond motifs is 1. The van der Waals surface area contributed by atoms with Gasteiger partial charge in [-0.05, 0) is 34.9 Å². The van der Waals surface area contributed by atoms with Crippen LogP contribution in [-0.4, -0.2) is 34.6 Å². The van der Waals surface area contributed by atoms with Crippen molar-refractivity contribution in [3.63, 3.8) is 0 Å². The number of nitrogens with one attached hydrogen (secondary N) is 3. The average Bonchev–Trinajstić information content (AvgIpc) is 3.12. The number of rotatable bonds is 11. The first kappa shape index (κ1) is 24.1. The van der Waals surface area contributed by atoms with Crippen LogP contribution in [0.4, 0.5) is 10.8 Å². The van der Waals surface area contributed by atoms with Crippen molar-refractivity contribution in [3.8, 4) is 5.75 Å². The number of hydrogen-bond acceptors (Lipinski definition) is 7. The van der Waals surface area contributed by atoms with E-state index in [0.29, 0.717) is 23.1 Å². The Hall–Kier alpha value is -2.53. The maximum absolute atomic E-state index is 12.8. The predicted molar refractivity (Wildman–Crippen MR) is 131 cm³/mol. The Morgan fingerprint density at radius 1 is 1.19 bits per heavy atom. The maximum atomic E-state index is 12.8. The highest BCUT2D eigenvalue weighted by molar-refractivity contribution is 7.93. The second-order valence-electron chi connectivity index (χ2n) is 7.57. The minimum atomic E-state index is -3.73. The summed E-state index contributed by atoms with van der Waals surface area (Å²) in [6, 6.07) is 12.0. The van der Waals surface area contributed by atoms with Crippen molar-refractivity contribution in [2.24, 2.45) is 0 Å². The van der Waals surface area contributed by atoms with Gasteiger partial charge in [0.05, 0.1) is 10.2 Å². The third kappa shape index (κ3) is 6.73. The van der Waals surface area contributed by atoms with Crippen molar-refractivity contribution < 1.29 is 17.7 Å². The molecule has 1 aromatic heterocycles. The molecule has 0 fully saturated rings. The zero-order valence-corrected chi connectivity index (χ0v) is 20.0. The van der Waals surface area contributed by atoms with Crippen LogP contribution in [-0.2, 0) is 19.5 Å². The standard InChI is InChI=1S/C22H28N4O4S2/c1-4-5-21(27)26-22-25-19-11-8-17(14-20(19)31-22)30-32(28,29)18-9-6-16(7-10-18)24-13-12-23-15(2)3/h6-11,14-15,23H,4-5,12-13H2,1-3H3,(H2-,24,25,26,27,28,29)/p+1. The van der Waals surface area contributed by atoms with Crippen LogP contribution in [0, 0.1) is 0 Å². The first-order valence-corrected chi connectivity index (χ1v) is 12.8. The van der Waals surface area contributed by atoms with Crippen LogP contribution in [0.25, 0.3) is 10.2 Å². The van der Waals surface area contributed by atoms with Crippen LogP contribution >= 0.6 is 11.3 Å². The van der Waals surface area contributed by atoms with Crippen LogP contribution in [0.3, 0.4) is 0 Å². The predicted octanol–water partition coefficient (Wildman–Crippen LogP) is 4.77. The summed E-state index contributed by atoms with van der Waals surface area (Å²) < 4.78 is 29.4. The smallest absolute Gasteiger partial charge is 0.384 e. The van der Waals surface area contributed by atoms with Crippen molar-refractivity contribution >= 4 is 48.8 Å². The highest BCUT2D eigenvalue weighted by Crippen LogP contribution is 2.31. The van der Waals surface area contributed by atoms with Gasteiger partial charge in [0.25, 0.3) is 0 Å². The van der Waals surface area contributed by atoms with Gasteiger partial charge < -0.3 is 16.0 Å². The first-order chi connectivity index (χ1) is 15.3. The van der Waals surface area contributed by atoms with Gasteiger partial charge in [0.1, 0.15) is 0 Å². The molecule has 1 atom stereocenters. The average molecular weight is 478 g/mol. The van der Waals surface area contributed by atoms with Crippen LogP contribution in [0.1, 0.15) is 33.6 Å². The zero-order chi connectivity index (χ0) is 23.1. The highest BCUT2D eigenvalue weighted by Gasteiger charge is 2.33. The van der Waals surface area contributed by atoms with Crippen molar-refractivity contribution in [2.75, 3.05) is 23.7 Å². The van der Waals surface area contributed by atoms with Gasteiger partial charge in [-0.3, -0.25) is 4.79 Å². The summed E-state index contributed by atoms with van der Waals surface area (Å²) in [5, 5.41) is 9.83. The Morgan fingerprint density at radius 2 is 1.94 bits per heavy atom. The van der Waals surface area contributed by atoms with E-state index in [-0.39, 0.29) is 16.6 Å². The van der Waals surface area contributed by atoms with Gasteiger partial charge >= 0.3 is 10.5 Å². The van der Waals surface area contributed by atoms with E-state index in [1.54, 1.807) is 42.5 Å². The third-order valence-electron chi connectivity index (χ3n) is 4.45. The van der Waals surface area contributed by atoms with Crippen molar-refractivity contribution in [1.82, 2.24) is 10.3 Å². The Morgan fingerprint density at radius 3 is 2.62 bits per heavy atom. The summed E-state index contributed by atoms with van der Waals surface area (Å²) in [6.45, 7) is 7.68. The topological polar surface area (TPSA) is 113 Å². The number of amides is 1. The second-order valence-corrected chi connectivity index (χ2v) is 10.2. The molecule has 2 aromatic carbocycles. The molecule has 0 saturated heterocycles. The number of carbonyl (C=O) groups is 1. The molecule has 1 unspecified atom stereocenters. The van der Waals surface area contributed by atoms with E-state index < -0.39 is 10.5 Å². The fourth-order valence-electron chi connectivity index (χ4n) is 2.91. The van der Waals surface area contributed by atoms with Gasteiger partial charge in [0.15, 0.2) is 10.9 Å². The van der Waals surface area contributed by atoms with Gasteiger partial charge in [-0.1, -0.05) is 32.1 Å². The monoisotopic (exact) mass is 477 g/mol. The van der Waals surface area contributed by atoms with Gasteiger partial charge in [0, 0.05) is 49.4 Å². The van der Waals surface area contributed by atoms with E-state index >= 15 is 0 Å². The second kappa shape index (κ2) is 10.9. The molecule has 32 heavy (non-hydrogen) atoms. The third-order valence-corrected chi connectivity index (χ3v) is 6.67. The number of carbonyl (C=O) groups excluding carboxylic acids is 1. The molecule has 0 aliphatic heterocycles. The molecule has 1 heterocycles. The number of aromatic nitrogens is 1. The fourth-order valence-corrected chi connectivity index (χ4v) is 4.76. The molecular weight excluding hydrogens is 448 g/mol. The Bertz CT molecular complexity index is 1100. The lowest BCUT2D eigenvalue weighted by molar-refractivity contribution is -0.116. The Balaban J connectivity index is 1.64. The molecule has 3 aromatic rings. The van der Waals surface area contributed by atoms with Crippen LogP contribution in [0.2, 0.25) is 0 Å². The van der Waals surface area contributed by atoms with Crippen molar-refractivity contribution in [2.45, 2.75) is 44.6 Å². The quantitative estimate of drug-likeness (QED) is 0.232. The van der Waals surface area contributed by atoms with E-state index in [2.05, 4.69) is 34.8 Å². The summed E-state index contributed by atoms with van der Waals surface area (Å²) >= 11 is 1.29. The molecule has 172 valence electrons. The summed E-state index contributed by atoms with van der Waals surface area (Å²) in [6.07, 6.45) is 1.19. The molecule has 0 spiro atoms. The first-order valence-electron chi connectivity index (χ1n) is 10.5. The van der Waals surface area contributed by atoms with Gasteiger partial charge in [0.2, 0.25) is 10.8 Å². The largest absolute Gasteiger partial charge is 0.429 e. The Kier molecular flexibility index (Phi) is 8.19. The number of benzene rings is 2. The number of hydrogen-bond donors (Lipinski definition) is 4. The molecule has 4 N–H and O–H groups in total. The van der Waals surface area contributed by atoms with Crippen LogP contribution in [0.15, 0.2) is 47.4 Å². The van der Waals surface area contributed by atoms with E-state index in [4.69, 9.17) is 4.18 Å². The van der Waals surface area contributed by atoms with Gasteiger partial charge in [-0.25, -0.2) is 9.17 Å². The summed E-state index contributed by atoms with van der Waals surface area (Å²) in [4.78, 5) is 16.3. The zero-order valence-electron chi connectivity index (χ0n) is 18.4. The molecule has 8 nitrogen and oxygen atoms in total. The summed E-state index contributed by atoms with van der Waals surface area (Å²) in [7, 11) is -3.73. The van der Waals surface area contributed by atoms with E-state index in [1.807, 2.05) is 6.92 Å². The molecule has 3 rings (SSSR count). The minimum Gasteiger partial charge on any atom is -0.384 e. The highest BCUT2D eigenvalue weighted by atomic mass is 32.3. The minimum absolute atomic E-state index is 0.0875. The van der Waals surface area contributed by atoms with Crippen LogP contribution < -0.4 is 20.1 Å². The SMILES string of the molecule is CCCC(=O)Nc1nc2ccc(O[S+](=O)(O)c3ccc(NCCNC(C)C)cc3)cc2s1. The maximum Gasteiger partial charge on any atom is 0.429 e. The van der Waals surface area contributed by atoms with E-state index in [9.17, 15) is 13.6 Å². The number of thiazole rings is 1. The lowest BCUT2D eigenvalue weighted by Gasteiger charge is -2.10. The molecule has 10 heteroatoms. The van der Waals surface area contributed by atoms with Gasteiger partial charge in [-0.15, -0.1) is 4.55 Å². The molecule has 0 aliphatic carbocycles. The number of anilines is 2. The Labute approximate surface area is 193 Å². The fraction of sp³-hybridized carbons (Fsp3) is 0.364. The van der Waals surface area contributed by atoms with E-state index in [1.165, 1.54) is 11.3 Å². The molecule has 0 aliphatic rings. The molecule has 1 amide bonds. The van der Waals surface area contributed by atoms with Crippen LogP contribution in [0.5, 0.6) is 5.75 Å². The summed E-state index contributed by atoms with van der Waals surface area (Å²) in [5.74, 6) is 0.164. The molecular formula is C22H29N4O4S2+. The molecule has 0 saturated carbocycles. The molecule has 0 bridgehead atoms. The van der Waals surface area contributed by atoms with Crippen molar-refractivity contribution in [1.29, 1.82) is 0 Å². The number of nitrogens with zero attached hydrogens (tertiary/aromatic N) is 1. The van der Waals surface area contributed by atoms with E-state index in [0.717, 1.165) is 29.9 Å². The normalized spacial score (nSPS) is 13.2. The lowest BCUT2D eigenvalue weighted by atomic mass is 10.3. The lowest BCUT2D eigenvalue weighted by Crippen LogP contribution is -2.28. The van der Waals surface area contributed by atoms with Gasteiger partial charge in [-0.2, -0.15) is 0 Å². The molecule has 0 radical (unpaired) electrons. The van der Waals surface area contributed by atoms with Crippen molar-refractivity contribution in [3.05, 3.63) is 42.5 Å².